The first-order valence-corrected chi connectivity index (χ1v) is 12.8. The number of unbranched alkanes of at least 4 members (excludes halogenated alkanes) is 1. The first-order valence-electron chi connectivity index (χ1n) is 11.3. The van der Waals surface area contributed by atoms with Crippen LogP contribution in [-0.4, -0.2) is 42.2 Å². The van der Waals surface area contributed by atoms with Crippen molar-refractivity contribution in [3.8, 4) is 5.75 Å². The maximum absolute atomic E-state index is 13.2. The number of benzene rings is 1. The molecule has 2 bridgehead atoms. The number of fused-ring (bicyclic) bond motifs is 2. The van der Waals surface area contributed by atoms with E-state index in [2.05, 4.69) is 51.3 Å². The van der Waals surface area contributed by atoms with E-state index < -0.39 is 10.0 Å². The van der Waals surface area contributed by atoms with Crippen LogP contribution >= 0.6 is 0 Å². The number of aromatic nitrogens is 4. The van der Waals surface area contributed by atoms with Gasteiger partial charge in [0.25, 0.3) is 0 Å². The zero-order valence-electron chi connectivity index (χ0n) is 19.0. The number of allylic oxidation sites excluding steroid dienone is 2. The van der Waals surface area contributed by atoms with Crippen molar-refractivity contribution in [1.82, 2.24) is 25.3 Å². The summed E-state index contributed by atoms with van der Waals surface area (Å²) in [7, 11) is -2.02. The molecule has 2 aromatic rings. The summed E-state index contributed by atoms with van der Waals surface area (Å²) in [5.74, 6) is 2.81. The van der Waals surface area contributed by atoms with Gasteiger partial charge in [0.1, 0.15) is 11.6 Å². The lowest BCUT2D eigenvalue weighted by Crippen LogP contribution is -2.63. The maximum atomic E-state index is 13.2. The highest BCUT2D eigenvalue weighted by Crippen LogP contribution is 2.61. The molecule has 0 amide bonds. The number of aryl methyl sites for hydroxylation is 1. The van der Waals surface area contributed by atoms with Gasteiger partial charge in [0.15, 0.2) is 0 Å². The number of aromatic amines is 1. The molecule has 0 saturated heterocycles. The van der Waals surface area contributed by atoms with Gasteiger partial charge in [-0.2, -0.15) is 0 Å². The Kier molecular flexibility index (Phi) is 6.67. The molecule has 8 nitrogen and oxygen atoms in total. The van der Waals surface area contributed by atoms with Crippen molar-refractivity contribution in [2.24, 2.45) is 23.2 Å². The lowest BCUT2D eigenvalue weighted by atomic mass is 9.45. The summed E-state index contributed by atoms with van der Waals surface area (Å²) in [5.41, 5.74) is 0.179. The summed E-state index contributed by atoms with van der Waals surface area (Å²) in [6.07, 6.45) is 10.2. The first-order chi connectivity index (χ1) is 15.3. The Morgan fingerprint density at radius 2 is 2.00 bits per heavy atom. The lowest BCUT2D eigenvalue weighted by molar-refractivity contribution is -0.108. The minimum absolute atomic E-state index is 0.0491. The van der Waals surface area contributed by atoms with Gasteiger partial charge in [0.05, 0.1) is 12.0 Å². The second kappa shape index (κ2) is 9.31. The van der Waals surface area contributed by atoms with Crippen molar-refractivity contribution in [1.29, 1.82) is 0 Å². The molecule has 0 unspecified atom stereocenters. The standard InChI is InChI=1S/C23H33N5O3S/c1-23(2)17-14-16(8-6-4-5-7-9-21-24-27-28-25-21)22(20(23)15-17)26-32(29,30)19-12-10-18(31-3)11-13-19/h4,6,10-13,16-17,20,22,26H,5,7-9,14-15H2,1-3H3,(H,24,25,27,28)/b6-4-/t16-,17-,20-,22+/m0/s1. The molecule has 3 saturated carbocycles. The number of H-pyrrole nitrogens is 1. The molecule has 9 heteroatoms. The number of ether oxygens (including phenoxy) is 1. The van der Waals surface area contributed by atoms with E-state index >= 15 is 0 Å². The molecule has 3 aliphatic carbocycles. The lowest BCUT2D eigenvalue weighted by Gasteiger charge is -2.62. The topological polar surface area (TPSA) is 110 Å². The molecule has 1 aromatic carbocycles. The molecule has 1 heterocycles. The van der Waals surface area contributed by atoms with Crippen LogP contribution in [0.2, 0.25) is 0 Å². The normalized spacial score (nSPS) is 26.7. The van der Waals surface area contributed by atoms with E-state index in [9.17, 15) is 8.42 Å². The minimum Gasteiger partial charge on any atom is -0.497 e. The fourth-order valence-corrected chi connectivity index (χ4v) is 6.74. The van der Waals surface area contributed by atoms with Crippen molar-refractivity contribution in [3.05, 3.63) is 42.2 Å². The number of rotatable bonds is 10. The molecule has 3 aliphatic rings. The summed E-state index contributed by atoms with van der Waals surface area (Å²) in [5, 5.41) is 13.9. The summed E-state index contributed by atoms with van der Waals surface area (Å²) < 4.78 is 34.6. The zero-order chi connectivity index (χ0) is 22.8. The average Bonchev–Trinajstić information content (AvgIpc) is 3.30. The average molecular weight is 460 g/mol. The van der Waals surface area contributed by atoms with E-state index in [-0.39, 0.29) is 16.4 Å². The number of nitrogens with one attached hydrogen (secondary N) is 2. The van der Waals surface area contributed by atoms with E-state index in [0.717, 1.165) is 44.3 Å². The van der Waals surface area contributed by atoms with Crippen molar-refractivity contribution in [2.75, 3.05) is 7.11 Å². The second-order valence-corrected chi connectivity index (χ2v) is 11.3. The minimum atomic E-state index is -3.59. The van der Waals surface area contributed by atoms with E-state index in [1.54, 1.807) is 31.4 Å². The Morgan fingerprint density at radius 3 is 2.66 bits per heavy atom. The van der Waals surface area contributed by atoms with E-state index in [0.29, 0.717) is 23.5 Å². The molecule has 0 radical (unpaired) electrons. The maximum Gasteiger partial charge on any atom is 0.240 e. The number of methoxy groups -OCH3 is 1. The molecule has 3 fully saturated rings. The molecular formula is C23H33N5O3S. The summed E-state index contributed by atoms with van der Waals surface area (Å²) in [6.45, 7) is 4.57. The number of nitrogens with zero attached hydrogens (tertiary/aromatic N) is 3. The third-order valence-corrected chi connectivity index (χ3v) is 8.99. The van der Waals surface area contributed by atoms with Crippen molar-refractivity contribution < 1.29 is 13.2 Å². The van der Waals surface area contributed by atoms with Crippen molar-refractivity contribution >= 4 is 10.0 Å². The van der Waals surface area contributed by atoms with Gasteiger partial charge in [-0.25, -0.2) is 18.2 Å². The van der Waals surface area contributed by atoms with Crippen LogP contribution in [0, 0.1) is 23.2 Å². The van der Waals surface area contributed by atoms with Crippen LogP contribution in [0.25, 0.3) is 0 Å². The summed E-state index contributed by atoms with van der Waals surface area (Å²) in [6, 6.07) is 6.55. The Labute approximate surface area is 190 Å². The smallest absolute Gasteiger partial charge is 0.240 e. The molecule has 32 heavy (non-hydrogen) atoms. The Morgan fingerprint density at radius 1 is 1.22 bits per heavy atom. The number of tetrazole rings is 1. The fourth-order valence-electron chi connectivity index (χ4n) is 5.39. The fraction of sp³-hybridized carbons (Fsp3) is 0.609. The first kappa shape index (κ1) is 22.9. The van der Waals surface area contributed by atoms with Gasteiger partial charge in [-0.15, -0.1) is 5.10 Å². The van der Waals surface area contributed by atoms with Gasteiger partial charge < -0.3 is 4.74 Å². The molecular weight excluding hydrogens is 426 g/mol. The van der Waals surface area contributed by atoms with E-state index in [1.165, 1.54) is 0 Å². The van der Waals surface area contributed by atoms with Gasteiger partial charge in [-0.05, 0) is 90.0 Å². The van der Waals surface area contributed by atoms with Crippen LogP contribution < -0.4 is 9.46 Å². The van der Waals surface area contributed by atoms with Crippen LogP contribution in [0.3, 0.4) is 0 Å². The predicted octanol–water partition coefficient (Wildman–Crippen LogP) is 3.51. The van der Waals surface area contributed by atoms with Crippen LogP contribution in [-0.2, 0) is 16.4 Å². The largest absolute Gasteiger partial charge is 0.497 e. The highest BCUT2D eigenvalue weighted by molar-refractivity contribution is 7.89. The molecule has 4 atom stereocenters. The SMILES string of the molecule is COc1ccc(S(=O)(=O)N[C@@H]2[C@@H](C/C=C\CCCc3nnn[nH]3)C[C@H]3C[C@@H]2C3(C)C)cc1. The third-order valence-electron chi connectivity index (χ3n) is 7.51. The highest BCUT2D eigenvalue weighted by Gasteiger charge is 2.58. The summed E-state index contributed by atoms with van der Waals surface area (Å²) >= 11 is 0. The third kappa shape index (κ3) is 4.73. The van der Waals surface area contributed by atoms with Gasteiger partial charge >= 0.3 is 0 Å². The van der Waals surface area contributed by atoms with Crippen LogP contribution in [0.5, 0.6) is 5.75 Å². The van der Waals surface area contributed by atoms with E-state index in [1.807, 2.05) is 0 Å². The van der Waals surface area contributed by atoms with Crippen LogP contribution in [0.1, 0.15) is 51.8 Å². The summed E-state index contributed by atoms with van der Waals surface area (Å²) in [4.78, 5) is 0.286. The van der Waals surface area contributed by atoms with E-state index in [4.69, 9.17) is 4.74 Å². The van der Waals surface area contributed by atoms with Crippen LogP contribution in [0.15, 0.2) is 41.3 Å². The van der Waals surface area contributed by atoms with Gasteiger partial charge in [0, 0.05) is 12.5 Å². The molecule has 174 valence electrons. The molecule has 2 N–H and O–H groups in total. The van der Waals surface area contributed by atoms with Gasteiger partial charge in [-0.3, -0.25) is 0 Å². The zero-order valence-corrected chi connectivity index (χ0v) is 19.8. The Balaban J connectivity index is 1.39. The highest BCUT2D eigenvalue weighted by atomic mass is 32.2. The number of hydrogen-bond acceptors (Lipinski definition) is 6. The molecule has 1 aromatic heterocycles. The number of hydrogen-bond donors (Lipinski definition) is 2. The molecule has 0 spiro atoms. The quantitative estimate of drug-likeness (QED) is 0.416. The van der Waals surface area contributed by atoms with Gasteiger partial charge in [-0.1, -0.05) is 26.0 Å². The van der Waals surface area contributed by atoms with Crippen molar-refractivity contribution in [2.45, 2.75) is 63.3 Å². The second-order valence-electron chi connectivity index (χ2n) is 9.63. The molecule has 0 aliphatic heterocycles. The Hall–Kier alpha value is -2.26. The number of sulfonamides is 1. The Bertz CT molecular complexity index is 1020. The van der Waals surface area contributed by atoms with Crippen LogP contribution in [0.4, 0.5) is 0 Å². The van der Waals surface area contributed by atoms with Crippen molar-refractivity contribution in [3.63, 3.8) is 0 Å². The monoisotopic (exact) mass is 459 g/mol. The van der Waals surface area contributed by atoms with Gasteiger partial charge in [0.2, 0.25) is 10.0 Å². The molecule has 5 rings (SSSR count). The predicted molar refractivity (Wildman–Crippen MR) is 121 cm³/mol.